The van der Waals surface area contributed by atoms with Gasteiger partial charge in [-0.1, -0.05) is 18.2 Å². The zero-order valence-electron chi connectivity index (χ0n) is 13.1. The SMILES string of the molecule is O=C(c1coc(-c2ccccc2)n1)N1CC[C@@H]2CNC[C@@H]2CC1. The van der Waals surface area contributed by atoms with Gasteiger partial charge < -0.3 is 14.6 Å². The number of benzene rings is 1. The van der Waals surface area contributed by atoms with Gasteiger partial charge in [-0.15, -0.1) is 0 Å². The second kappa shape index (κ2) is 6.16. The predicted octanol–water partition coefficient (Wildman–Crippen LogP) is 2.41. The lowest BCUT2D eigenvalue weighted by Gasteiger charge is -2.19. The van der Waals surface area contributed by atoms with Gasteiger partial charge in [0, 0.05) is 18.7 Å². The van der Waals surface area contributed by atoms with Gasteiger partial charge in [-0.3, -0.25) is 4.79 Å². The number of nitrogens with zero attached hydrogens (tertiary/aromatic N) is 2. The van der Waals surface area contributed by atoms with Gasteiger partial charge in [-0.2, -0.15) is 0 Å². The summed E-state index contributed by atoms with van der Waals surface area (Å²) in [5, 5.41) is 3.46. The Morgan fingerprint density at radius 1 is 1.13 bits per heavy atom. The predicted molar refractivity (Wildman–Crippen MR) is 86.9 cm³/mol. The molecule has 0 radical (unpaired) electrons. The van der Waals surface area contributed by atoms with E-state index in [1.807, 2.05) is 35.2 Å². The van der Waals surface area contributed by atoms with E-state index < -0.39 is 0 Å². The van der Waals surface area contributed by atoms with Gasteiger partial charge in [0.05, 0.1) is 0 Å². The van der Waals surface area contributed by atoms with Crippen molar-refractivity contribution in [3.63, 3.8) is 0 Å². The lowest BCUT2D eigenvalue weighted by Crippen LogP contribution is -2.33. The van der Waals surface area contributed by atoms with Crippen LogP contribution in [0.2, 0.25) is 0 Å². The van der Waals surface area contributed by atoms with Crippen molar-refractivity contribution in [1.29, 1.82) is 0 Å². The van der Waals surface area contributed by atoms with E-state index in [0.717, 1.165) is 44.6 Å². The molecular weight excluding hydrogens is 290 g/mol. The number of carbonyl (C=O) groups excluding carboxylic acids is 1. The third kappa shape index (κ3) is 2.88. The Morgan fingerprint density at radius 3 is 2.52 bits per heavy atom. The third-order valence-corrected chi connectivity index (χ3v) is 5.05. The summed E-state index contributed by atoms with van der Waals surface area (Å²) >= 11 is 0. The van der Waals surface area contributed by atoms with E-state index in [2.05, 4.69) is 10.3 Å². The molecule has 2 fully saturated rings. The highest BCUT2D eigenvalue weighted by molar-refractivity contribution is 5.92. The second-order valence-corrected chi connectivity index (χ2v) is 6.45. The number of carbonyl (C=O) groups is 1. The number of amides is 1. The van der Waals surface area contributed by atoms with E-state index in [1.165, 1.54) is 6.26 Å². The lowest BCUT2D eigenvalue weighted by atomic mass is 9.92. The Morgan fingerprint density at radius 2 is 1.83 bits per heavy atom. The summed E-state index contributed by atoms with van der Waals surface area (Å²) in [6.45, 7) is 3.81. The third-order valence-electron chi connectivity index (χ3n) is 5.05. The fourth-order valence-electron chi connectivity index (χ4n) is 3.67. The monoisotopic (exact) mass is 311 g/mol. The van der Waals surface area contributed by atoms with Crippen LogP contribution in [0.4, 0.5) is 0 Å². The van der Waals surface area contributed by atoms with E-state index in [-0.39, 0.29) is 5.91 Å². The topological polar surface area (TPSA) is 58.4 Å². The minimum Gasteiger partial charge on any atom is -0.444 e. The van der Waals surface area contributed by atoms with Crippen LogP contribution in [-0.4, -0.2) is 42.0 Å². The molecule has 4 rings (SSSR count). The van der Waals surface area contributed by atoms with Crippen LogP contribution in [0.3, 0.4) is 0 Å². The van der Waals surface area contributed by atoms with E-state index in [1.54, 1.807) is 0 Å². The normalized spacial score (nSPS) is 24.3. The average molecular weight is 311 g/mol. The molecule has 1 aromatic carbocycles. The van der Waals surface area contributed by atoms with Crippen LogP contribution in [-0.2, 0) is 0 Å². The number of aromatic nitrogens is 1. The molecule has 23 heavy (non-hydrogen) atoms. The molecule has 3 heterocycles. The maximum absolute atomic E-state index is 12.7. The molecule has 2 aromatic rings. The minimum absolute atomic E-state index is 0.0103. The Balaban J connectivity index is 1.48. The summed E-state index contributed by atoms with van der Waals surface area (Å²) < 4.78 is 5.50. The molecule has 1 N–H and O–H groups in total. The van der Waals surface area contributed by atoms with Crippen LogP contribution in [0, 0.1) is 11.8 Å². The number of oxazole rings is 1. The van der Waals surface area contributed by atoms with Crippen molar-refractivity contribution in [2.75, 3.05) is 26.2 Å². The molecule has 0 saturated carbocycles. The molecule has 0 spiro atoms. The van der Waals surface area contributed by atoms with E-state index in [0.29, 0.717) is 23.4 Å². The fourth-order valence-corrected chi connectivity index (χ4v) is 3.67. The van der Waals surface area contributed by atoms with Gasteiger partial charge in [0.15, 0.2) is 5.69 Å². The largest absolute Gasteiger partial charge is 0.444 e. The van der Waals surface area contributed by atoms with Gasteiger partial charge in [0.25, 0.3) is 5.91 Å². The number of likely N-dealkylation sites (tertiary alicyclic amines) is 1. The maximum Gasteiger partial charge on any atom is 0.275 e. The van der Waals surface area contributed by atoms with Crippen LogP contribution in [0.15, 0.2) is 41.0 Å². The fraction of sp³-hybridized carbons (Fsp3) is 0.444. The van der Waals surface area contributed by atoms with Gasteiger partial charge >= 0.3 is 0 Å². The van der Waals surface area contributed by atoms with Crippen LogP contribution in [0.25, 0.3) is 11.5 Å². The highest BCUT2D eigenvalue weighted by atomic mass is 16.3. The van der Waals surface area contributed by atoms with Crippen molar-refractivity contribution in [1.82, 2.24) is 15.2 Å². The van der Waals surface area contributed by atoms with Gasteiger partial charge in [0.1, 0.15) is 6.26 Å². The highest BCUT2D eigenvalue weighted by Crippen LogP contribution is 2.28. The number of rotatable bonds is 2. The van der Waals surface area contributed by atoms with Crippen molar-refractivity contribution < 1.29 is 9.21 Å². The molecule has 2 atom stereocenters. The quantitative estimate of drug-likeness (QED) is 0.925. The molecule has 0 unspecified atom stereocenters. The zero-order valence-corrected chi connectivity index (χ0v) is 13.1. The summed E-state index contributed by atoms with van der Waals surface area (Å²) in [7, 11) is 0. The first-order chi connectivity index (χ1) is 11.3. The summed E-state index contributed by atoms with van der Waals surface area (Å²) in [5.74, 6) is 1.92. The number of nitrogens with one attached hydrogen (secondary N) is 1. The standard InChI is InChI=1S/C18H21N3O2/c22-18(21-8-6-14-10-19-11-15(14)7-9-21)16-12-23-17(20-16)13-4-2-1-3-5-13/h1-5,12,14-15,19H,6-11H2/t14-,15+. The van der Waals surface area contributed by atoms with E-state index in [4.69, 9.17) is 4.42 Å². The Hall–Kier alpha value is -2.14. The van der Waals surface area contributed by atoms with Crippen LogP contribution >= 0.6 is 0 Å². The number of hydrogen-bond acceptors (Lipinski definition) is 4. The lowest BCUT2D eigenvalue weighted by molar-refractivity contribution is 0.0752. The van der Waals surface area contributed by atoms with Gasteiger partial charge in [-0.25, -0.2) is 4.98 Å². The summed E-state index contributed by atoms with van der Waals surface area (Å²) in [6, 6.07) is 9.67. The summed E-state index contributed by atoms with van der Waals surface area (Å²) in [6.07, 6.45) is 3.64. The molecule has 1 aromatic heterocycles. The first-order valence-electron chi connectivity index (χ1n) is 8.32. The maximum atomic E-state index is 12.7. The first-order valence-corrected chi connectivity index (χ1v) is 8.32. The van der Waals surface area contributed by atoms with Crippen molar-refractivity contribution in [2.45, 2.75) is 12.8 Å². The molecule has 5 heteroatoms. The molecular formula is C18H21N3O2. The molecule has 120 valence electrons. The van der Waals surface area contributed by atoms with Crippen molar-refractivity contribution in [3.8, 4) is 11.5 Å². The zero-order chi connectivity index (χ0) is 15.6. The molecule has 2 saturated heterocycles. The molecule has 2 aliphatic rings. The average Bonchev–Trinajstić information content (AvgIpc) is 3.21. The summed E-state index contributed by atoms with van der Waals surface area (Å²) in [4.78, 5) is 19.0. The molecule has 2 aliphatic heterocycles. The molecule has 0 bridgehead atoms. The summed E-state index contributed by atoms with van der Waals surface area (Å²) in [5.41, 5.74) is 1.30. The minimum atomic E-state index is -0.0103. The molecule has 5 nitrogen and oxygen atoms in total. The first kappa shape index (κ1) is 14.5. The molecule has 0 aliphatic carbocycles. The van der Waals surface area contributed by atoms with Crippen LogP contribution in [0.5, 0.6) is 0 Å². The van der Waals surface area contributed by atoms with Crippen molar-refractivity contribution in [2.24, 2.45) is 11.8 Å². The van der Waals surface area contributed by atoms with Crippen molar-refractivity contribution >= 4 is 5.91 Å². The molecule has 1 amide bonds. The highest BCUT2D eigenvalue weighted by Gasteiger charge is 2.32. The van der Waals surface area contributed by atoms with E-state index in [9.17, 15) is 4.79 Å². The van der Waals surface area contributed by atoms with E-state index >= 15 is 0 Å². The Bertz CT molecular complexity index is 669. The smallest absolute Gasteiger partial charge is 0.275 e. The van der Waals surface area contributed by atoms with Crippen LogP contribution in [0.1, 0.15) is 23.3 Å². The number of hydrogen-bond donors (Lipinski definition) is 1. The van der Waals surface area contributed by atoms with Crippen LogP contribution < -0.4 is 5.32 Å². The van der Waals surface area contributed by atoms with Gasteiger partial charge in [-0.05, 0) is 49.9 Å². The Kier molecular flexibility index (Phi) is 3.87. The second-order valence-electron chi connectivity index (χ2n) is 6.45. The van der Waals surface area contributed by atoms with Gasteiger partial charge in [0.2, 0.25) is 5.89 Å². The Labute approximate surface area is 135 Å². The number of fused-ring (bicyclic) bond motifs is 1. The van der Waals surface area contributed by atoms with Crippen molar-refractivity contribution in [3.05, 3.63) is 42.3 Å².